The third-order valence-corrected chi connectivity index (χ3v) is 5.65. The number of amides is 3. The summed E-state index contributed by atoms with van der Waals surface area (Å²) in [6.45, 7) is 7.83. The van der Waals surface area contributed by atoms with Crippen molar-refractivity contribution in [2.75, 3.05) is 18.6 Å². The number of ether oxygens (including phenoxy) is 1. The molecule has 1 aromatic rings. The summed E-state index contributed by atoms with van der Waals surface area (Å²) >= 11 is 1.52. The van der Waals surface area contributed by atoms with Crippen molar-refractivity contribution in [3.05, 3.63) is 35.9 Å². The van der Waals surface area contributed by atoms with E-state index in [1.807, 2.05) is 40.0 Å². The summed E-state index contributed by atoms with van der Waals surface area (Å²) < 4.78 is 5.14. The van der Waals surface area contributed by atoms with Gasteiger partial charge in [-0.05, 0) is 42.2 Å². The number of hydrogen-bond acceptors (Lipinski definition) is 6. The third kappa shape index (κ3) is 12.5. The number of hydrogen-bond donors (Lipinski definition) is 4. The van der Waals surface area contributed by atoms with E-state index in [4.69, 9.17) is 4.74 Å². The molecule has 0 spiro atoms. The van der Waals surface area contributed by atoms with Crippen LogP contribution in [0.15, 0.2) is 30.3 Å². The van der Waals surface area contributed by atoms with Gasteiger partial charge in [-0.25, -0.2) is 9.59 Å². The van der Waals surface area contributed by atoms with E-state index in [0.717, 1.165) is 5.56 Å². The van der Waals surface area contributed by atoms with E-state index in [-0.39, 0.29) is 24.9 Å². The summed E-state index contributed by atoms with van der Waals surface area (Å²) in [5, 5.41) is 17.5. The second-order valence-corrected chi connectivity index (χ2v) is 10.2. The first-order valence-corrected chi connectivity index (χ1v) is 13.2. The highest BCUT2D eigenvalue weighted by atomic mass is 32.2. The SMILES string of the molecule is CSCC[C@H](NC(=O)OCC(C)C)C(=O)N[C@@H](CC(C)C)C(=O)N[C@@H](Cc1ccccc1)C(=O)O. The Morgan fingerprint density at radius 2 is 1.49 bits per heavy atom. The molecule has 0 saturated heterocycles. The summed E-state index contributed by atoms with van der Waals surface area (Å²) in [5.74, 6) is -1.45. The Balaban J connectivity index is 2.92. The fraction of sp³-hybridized carbons (Fsp3) is 0.600. The van der Waals surface area contributed by atoms with E-state index in [1.54, 1.807) is 24.3 Å². The molecule has 0 bridgehead atoms. The molecule has 35 heavy (non-hydrogen) atoms. The molecule has 1 rings (SSSR count). The first kappa shape index (κ1) is 30.3. The Kier molecular flexibility index (Phi) is 13.9. The fourth-order valence-corrected chi connectivity index (χ4v) is 3.70. The molecule has 0 unspecified atom stereocenters. The summed E-state index contributed by atoms with van der Waals surface area (Å²) in [4.78, 5) is 50.0. The van der Waals surface area contributed by atoms with Crippen molar-refractivity contribution < 1.29 is 29.0 Å². The van der Waals surface area contributed by atoms with Gasteiger partial charge in [0.25, 0.3) is 0 Å². The lowest BCUT2D eigenvalue weighted by Crippen LogP contribution is -2.56. The molecular formula is C25H39N3O6S. The monoisotopic (exact) mass is 509 g/mol. The van der Waals surface area contributed by atoms with Crippen molar-refractivity contribution in [1.29, 1.82) is 0 Å². The second kappa shape index (κ2) is 16.0. The van der Waals surface area contributed by atoms with Crippen LogP contribution in [0.1, 0.15) is 46.1 Å². The Morgan fingerprint density at radius 1 is 0.886 bits per heavy atom. The summed E-state index contributed by atoms with van der Waals surface area (Å²) in [6.07, 6.45) is 1.97. The molecule has 196 valence electrons. The fourth-order valence-electron chi connectivity index (χ4n) is 3.23. The van der Waals surface area contributed by atoms with Gasteiger partial charge >= 0.3 is 12.1 Å². The van der Waals surface area contributed by atoms with Gasteiger partial charge in [-0.2, -0.15) is 11.8 Å². The minimum Gasteiger partial charge on any atom is -0.480 e. The lowest BCUT2D eigenvalue weighted by Gasteiger charge is -2.25. The minimum absolute atomic E-state index is 0.0528. The van der Waals surface area contributed by atoms with Crippen LogP contribution >= 0.6 is 11.8 Å². The standard InChI is InChI=1S/C25H39N3O6S/c1-16(2)13-20(23(30)27-21(24(31)32)14-18-9-7-6-8-10-18)26-22(29)19(11-12-35-5)28-25(33)34-15-17(3)4/h6-10,16-17,19-21H,11-15H2,1-5H3,(H,26,29)(H,27,30)(H,28,33)(H,31,32)/t19-,20-,21-/m0/s1. The Bertz CT molecular complexity index is 819. The van der Waals surface area contributed by atoms with Crippen molar-refractivity contribution in [2.24, 2.45) is 11.8 Å². The number of benzene rings is 1. The van der Waals surface area contributed by atoms with Crippen LogP contribution < -0.4 is 16.0 Å². The van der Waals surface area contributed by atoms with E-state index < -0.39 is 42.0 Å². The highest BCUT2D eigenvalue weighted by Crippen LogP contribution is 2.10. The number of alkyl carbamates (subject to hydrolysis) is 1. The molecular weight excluding hydrogens is 470 g/mol. The lowest BCUT2D eigenvalue weighted by molar-refractivity contribution is -0.142. The quantitative estimate of drug-likeness (QED) is 0.286. The topological polar surface area (TPSA) is 134 Å². The second-order valence-electron chi connectivity index (χ2n) is 9.25. The molecule has 4 N–H and O–H groups in total. The molecule has 0 fully saturated rings. The van der Waals surface area contributed by atoms with Crippen LogP contribution in [0.2, 0.25) is 0 Å². The van der Waals surface area contributed by atoms with Gasteiger partial charge in [-0.15, -0.1) is 0 Å². The molecule has 10 heteroatoms. The van der Waals surface area contributed by atoms with Crippen molar-refractivity contribution in [2.45, 2.75) is 65.1 Å². The highest BCUT2D eigenvalue weighted by Gasteiger charge is 2.30. The van der Waals surface area contributed by atoms with Crippen LogP contribution in [0.5, 0.6) is 0 Å². The van der Waals surface area contributed by atoms with Gasteiger partial charge in [0.2, 0.25) is 11.8 Å². The third-order valence-electron chi connectivity index (χ3n) is 5.00. The number of nitrogens with one attached hydrogen (secondary N) is 3. The van der Waals surface area contributed by atoms with Crippen LogP contribution in [-0.2, 0) is 25.5 Å². The molecule has 0 aliphatic heterocycles. The van der Waals surface area contributed by atoms with Gasteiger partial charge in [0, 0.05) is 6.42 Å². The average molecular weight is 510 g/mol. The normalized spacial score (nSPS) is 13.6. The van der Waals surface area contributed by atoms with E-state index in [9.17, 15) is 24.3 Å². The summed E-state index contributed by atoms with van der Waals surface area (Å²) in [7, 11) is 0. The van der Waals surface area contributed by atoms with Crippen molar-refractivity contribution >= 4 is 35.6 Å². The zero-order valence-corrected chi connectivity index (χ0v) is 22.0. The van der Waals surface area contributed by atoms with Crippen molar-refractivity contribution in [1.82, 2.24) is 16.0 Å². The molecule has 3 atom stereocenters. The number of thioether (sulfide) groups is 1. The average Bonchev–Trinajstić information content (AvgIpc) is 2.79. The van der Waals surface area contributed by atoms with Gasteiger partial charge in [0.15, 0.2) is 0 Å². The van der Waals surface area contributed by atoms with Crippen molar-refractivity contribution in [3.63, 3.8) is 0 Å². The number of carboxylic acids is 1. The first-order valence-electron chi connectivity index (χ1n) is 11.8. The van der Waals surface area contributed by atoms with Gasteiger partial charge in [-0.1, -0.05) is 58.0 Å². The van der Waals surface area contributed by atoms with E-state index in [1.165, 1.54) is 11.8 Å². The minimum atomic E-state index is -1.16. The van der Waals surface area contributed by atoms with Crippen LogP contribution in [0.4, 0.5) is 4.79 Å². The Hall–Kier alpha value is -2.75. The Labute approximate surface area is 212 Å². The maximum Gasteiger partial charge on any atom is 0.407 e. The van der Waals surface area contributed by atoms with E-state index in [0.29, 0.717) is 18.6 Å². The van der Waals surface area contributed by atoms with Gasteiger partial charge in [-0.3, -0.25) is 9.59 Å². The predicted molar refractivity (Wildman–Crippen MR) is 137 cm³/mol. The molecule has 0 heterocycles. The molecule has 0 radical (unpaired) electrons. The first-order chi connectivity index (χ1) is 16.5. The van der Waals surface area contributed by atoms with Gasteiger partial charge in [0.05, 0.1) is 6.61 Å². The summed E-state index contributed by atoms with van der Waals surface area (Å²) in [5.41, 5.74) is 0.769. The van der Waals surface area contributed by atoms with Gasteiger partial charge in [0.1, 0.15) is 18.1 Å². The van der Waals surface area contributed by atoms with Crippen molar-refractivity contribution in [3.8, 4) is 0 Å². The molecule has 0 aromatic heterocycles. The maximum absolute atomic E-state index is 13.1. The van der Waals surface area contributed by atoms with E-state index in [2.05, 4.69) is 16.0 Å². The number of rotatable bonds is 15. The predicted octanol–water partition coefficient (Wildman–Crippen LogP) is 2.83. The molecule has 3 amide bonds. The molecule has 0 aliphatic rings. The van der Waals surface area contributed by atoms with E-state index >= 15 is 0 Å². The number of carbonyl (C=O) groups is 4. The molecule has 9 nitrogen and oxygen atoms in total. The van der Waals surface area contributed by atoms with Crippen LogP contribution in [-0.4, -0.2) is 65.7 Å². The number of carboxylic acid groups (broad SMARTS) is 1. The summed E-state index contributed by atoms with van der Waals surface area (Å²) in [6, 6.07) is 6.01. The van der Waals surface area contributed by atoms with Gasteiger partial charge < -0.3 is 25.8 Å². The van der Waals surface area contributed by atoms with Crippen LogP contribution in [0, 0.1) is 11.8 Å². The molecule has 1 aromatic carbocycles. The van der Waals surface area contributed by atoms with Crippen LogP contribution in [0.25, 0.3) is 0 Å². The van der Waals surface area contributed by atoms with Crippen LogP contribution in [0.3, 0.4) is 0 Å². The number of aliphatic carboxylic acids is 1. The Morgan fingerprint density at radius 3 is 2.03 bits per heavy atom. The zero-order chi connectivity index (χ0) is 26.4. The molecule has 0 aliphatic carbocycles. The largest absolute Gasteiger partial charge is 0.480 e. The highest BCUT2D eigenvalue weighted by molar-refractivity contribution is 7.98. The zero-order valence-electron chi connectivity index (χ0n) is 21.2. The molecule has 0 saturated carbocycles. The smallest absolute Gasteiger partial charge is 0.407 e. The lowest BCUT2D eigenvalue weighted by atomic mass is 10.0. The maximum atomic E-state index is 13.1. The number of carbonyl (C=O) groups excluding carboxylic acids is 3.